The topological polar surface area (TPSA) is 40.5 Å². The molecule has 0 heterocycles. The Morgan fingerprint density at radius 3 is 2.81 bits per heavy atom. The first kappa shape index (κ1) is 13.0. The predicted octanol–water partition coefficient (Wildman–Crippen LogP) is 3.14. The van der Waals surface area contributed by atoms with E-state index < -0.39 is 5.97 Å². The molecule has 1 N–H and O–H groups in total. The van der Waals surface area contributed by atoms with Gasteiger partial charge < -0.3 is 10.0 Å². The zero-order valence-electron chi connectivity index (χ0n) is 9.32. The molecule has 0 saturated carbocycles. The van der Waals surface area contributed by atoms with Crippen LogP contribution in [0, 0.1) is 0 Å². The van der Waals surface area contributed by atoms with Gasteiger partial charge in [-0.3, -0.25) is 4.79 Å². The van der Waals surface area contributed by atoms with E-state index in [1.54, 1.807) is 0 Å². The van der Waals surface area contributed by atoms with Gasteiger partial charge in [-0.15, -0.1) is 0 Å². The van der Waals surface area contributed by atoms with Crippen LogP contribution in [0.15, 0.2) is 28.7 Å². The van der Waals surface area contributed by atoms with Crippen molar-refractivity contribution in [3.63, 3.8) is 0 Å². The van der Waals surface area contributed by atoms with Gasteiger partial charge in [-0.2, -0.15) is 0 Å². The third kappa shape index (κ3) is 4.23. The van der Waals surface area contributed by atoms with Gasteiger partial charge in [0.1, 0.15) is 0 Å². The van der Waals surface area contributed by atoms with Crippen molar-refractivity contribution in [1.82, 2.24) is 0 Å². The number of hydrogen-bond donors (Lipinski definition) is 1. The highest BCUT2D eigenvalue weighted by molar-refractivity contribution is 9.10. The molecule has 1 aromatic rings. The molecule has 1 aromatic carbocycles. The predicted molar refractivity (Wildman–Crippen MR) is 68.9 cm³/mol. The number of halogens is 1. The van der Waals surface area contributed by atoms with Crippen molar-refractivity contribution in [1.29, 1.82) is 0 Å². The van der Waals surface area contributed by atoms with Gasteiger partial charge in [0.05, 0.1) is 0 Å². The summed E-state index contributed by atoms with van der Waals surface area (Å²) in [5, 5.41) is 8.59. The number of anilines is 1. The summed E-state index contributed by atoms with van der Waals surface area (Å²) in [6.45, 7) is 3.73. The highest BCUT2D eigenvalue weighted by Crippen LogP contribution is 2.20. The Morgan fingerprint density at radius 2 is 2.25 bits per heavy atom. The van der Waals surface area contributed by atoms with Crippen LogP contribution in [0.3, 0.4) is 0 Å². The lowest BCUT2D eigenvalue weighted by molar-refractivity contribution is -0.137. The average molecular weight is 286 g/mol. The minimum atomic E-state index is -0.731. The molecule has 4 heteroatoms. The molecule has 0 radical (unpaired) electrons. The molecule has 0 amide bonds. The molecule has 0 aromatic heterocycles. The molecule has 0 spiro atoms. The normalized spacial score (nSPS) is 10.1. The monoisotopic (exact) mass is 285 g/mol. The quantitative estimate of drug-likeness (QED) is 0.873. The molecule has 16 heavy (non-hydrogen) atoms. The van der Waals surface area contributed by atoms with Crippen LogP contribution in [0.1, 0.15) is 19.8 Å². The molecule has 0 bridgehead atoms. The maximum atomic E-state index is 10.4. The van der Waals surface area contributed by atoms with Crippen molar-refractivity contribution < 1.29 is 9.90 Å². The summed E-state index contributed by atoms with van der Waals surface area (Å²) in [5.74, 6) is -0.731. The van der Waals surface area contributed by atoms with E-state index in [2.05, 4.69) is 27.8 Å². The van der Waals surface area contributed by atoms with Crippen LogP contribution < -0.4 is 4.90 Å². The van der Waals surface area contributed by atoms with E-state index in [9.17, 15) is 4.79 Å². The molecule has 0 saturated heterocycles. The van der Waals surface area contributed by atoms with Crippen LogP contribution in [0.4, 0.5) is 5.69 Å². The number of carbonyl (C=O) groups is 1. The number of aliphatic carboxylic acids is 1. The summed E-state index contributed by atoms with van der Waals surface area (Å²) in [5.41, 5.74) is 1.13. The molecule has 0 aliphatic carbocycles. The Kier molecular flexibility index (Phi) is 5.32. The first-order chi connectivity index (χ1) is 7.63. The molecule has 0 aliphatic rings. The molecular formula is C12H16BrNO2. The van der Waals surface area contributed by atoms with Gasteiger partial charge in [0, 0.05) is 29.7 Å². The molecule has 3 nitrogen and oxygen atoms in total. The highest BCUT2D eigenvalue weighted by Gasteiger charge is 2.05. The SMILES string of the molecule is CCN(CCCC(=O)O)c1cccc(Br)c1. The fourth-order valence-corrected chi connectivity index (χ4v) is 1.95. The minimum Gasteiger partial charge on any atom is -0.481 e. The van der Waals surface area contributed by atoms with Crippen molar-refractivity contribution >= 4 is 27.6 Å². The van der Waals surface area contributed by atoms with Crippen LogP contribution in [-0.2, 0) is 4.79 Å². The fraction of sp³-hybridized carbons (Fsp3) is 0.417. The number of hydrogen-bond acceptors (Lipinski definition) is 2. The summed E-state index contributed by atoms with van der Waals surface area (Å²) in [4.78, 5) is 12.6. The highest BCUT2D eigenvalue weighted by atomic mass is 79.9. The van der Waals surface area contributed by atoms with Crippen molar-refractivity contribution in [3.05, 3.63) is 28.7 Å². The summed E-state index contributed by atoms with van der Waals surface area (Å²) < 4.78 is 1.04. The van der Waals surface area contributed by atoms with Gasteiger partial charge in [0.2, 0.25) is 0 Å². The van der Waals surface area contributed by atoms with Crippen molar-refractivity contribution in [2.45, 2.75) is 19.8 Å². The van der Waals surface area contributed by atoms with Gasteiger partial charge in [-0.05, 0) is 31.5 Å². The molecule has 0 atom stereocenters. The van der Waals surface area contributed by atoms with Gasteiger partial charge in [-0.25, -0.2) is 0 Å². The van der Waals surface area contributed by atoms with E-state index in [1.165, 1.54) is 0 Å². The Labute approximate surface area is 104 Å². The minimum absolute atomic E-state index is 0.227. The van der Waals surface area contributed by atoms with Crippen LogP contribution in [0.5, 0.6) is 0 Å². The van der Waals surface area contributed by atoms with E-state index in [1.807, 2.05) is 24.3 Å². The smallest absolute Gasteiger partial charge is 0.303 e. The summed E-state index contributed by atoms with van der Waals surface area (Å²) >= 11 is 3.43. The Morgan fingerprint density at radius 1 is 1.50 bits per heavy atom. The molecule has 0 unspecified atom stereocenters. The Balaban J connectivity index is 2.57. The number of carboxylic acids is 1. The van der Waals surface area contributed by atoms with Crippen LogP contribution in [0.25, 0.3) is 0 Å². The lowest BCUT2D eigenvalue weighted by atomic mass is 10.2. The van der Waals surface area contributed by atoms with E-state index >= 15 is 0 Å². The van der Waals surface area contributed by atoms with Gasteiger partial charge in [0.25, 0.3) is 0 Å². The third-order valence-corrected chi connectivity index (χ3v) is 2.87. The van der Waals surface area contributed by atoms with E-state index in [0.717, 1.165) is 23.2 Å². The maximum absolute atomic E-state index is 10.4. The van der Waals surface area contributed by atoms with Crippen LogP contribution in [0.2, 0.25) is 0 Å². The van der Waals surface area contributed by atoms with Gasteiger partial charge in [-0.1, -0.05) is 22.0 Å². The Bertz CT molecular complexity index is 355. The zero-order chi connectivity index (χ0) is 12.0. The van der Waals surface area contributed by atoms with Gasteiger partial charge >= 0.3 is 5.97 Å². The maximum Gasteiger partial charge on any atom is 0.303 e. The molecule has 88 valence electrons. The second kappa shape index (κ2) is 6.53. The van der Waals surface area contributed by atoms with Crippen molar-refractivity contribution in [2.24, 2.45) is 0 Å². The fourth-order valence-electron chi connectivity index (χ4n) is 1.56. The average Bonchev–Trinajstić information content (AvgIpc) is 2.24. The second-order valence-corrected chi connectivity index (χ2v) is 4.47. The number of rotatable bonds is 6. The summed E-state index contributed by atoms with van der Waals surface area (Å²) in [7, 11) is 0. The van der Waals surface area contributed by atoms with Crippen molar-refractivity contribution in [3.8, 4) is 0 Å². The van der Waals surface area contributed by atoms with Crippen LogP contribution >= 0.6 is 15.9 Å². The lowest BCUT2D eigenvalue weighted by Crippen LogP contribution is -2.24. The van der Waals surface area contributed by atoms with E-state index in [4.69, 9.17) is 5.11 Å². The van der Waals surface area contributed by atoms with Crippen molar-refractivity contribution in [2.75, 3.05) is 18.0 Å². The van der Waals surface area contributed by atoms with E-state index in [0.29, 0.717) is 6.42 Å². The molecule has 0 fully saturated rings. The van der Waals surface area contributed by atoms with Crippen LogP contribution in [-0.4, -0.2) is 24.2 Å². The first-order valence-electron chi connectivity index (χ1n) is 5.35. The number of carboxylic acid groups (broad SMARTS) is 1. The standard InChI is InChI=1S/C12H16BrNO2/c1-2-14(8-4-7-12(15)16)11-6-3-5-10(13)9-11/h3,5-6,9H,2,4,7-8H2,1H3,(H,15,16). The lowest BCUT2D eigenvalue weighted by Gasteiger charge is -2.22. The number of benzene rings is 1. The second-order valence-electron chi connectivity index (χ2n) is 3.56. The number of nitrogens with zero attached hydrogens (tertiary/aromatic N) is 1. The molecule has 1 rings (SSSR count). The Hall–Kier alpha value is -1.03. The summed E-state index contributed by atoms with van der Waals surface area (Å²) in [6, 6.07) is 8.05. The largest absolute Gasteiger partial charge is 0.481 e. The molecule has 0 aliphatic heterocycles. The summed E-state index contributed by atoms with van der Waals surface area (Å²) in [6.07, 6.45) is 0.903. The first-order valence-corrected chi connectivity index (χ1v) is 6.15. The van der Waals surface area contributed by atoms with E-state index in [-0.39, 0.29) is 6.42 Å². The van der Waals surface area contributed by atoms with Gasteiger partial charge in [0.15, 0.2) is 0 Å². The zero-order valence-corrected chi connectivity index (χ0v) is 10.9. The third-order valence-electron chi connectivity index (χ3n) is 2.37. The molecular weight excluding hydrogens is 270 g/mol.